The standard InChI is InChI=1S/C23H26N6O3S/c1-16-9-11-28(12-10-16)22-25-26-23(29(22)14-17-6-5-13-31-17)33-15-20-24-21(27-32-20)18-7-3-4-8-19(18)30-2/h3-8,13,16H,9-12,14-15H2,1-2H3. The third-order valence-corrected chi connectivity index (χ3v) is 6.75. The number of para-hydroxylation sites is 1. The van der Waals surface area contributed by atoms with Gasteiger partial charge in [0, 0.05) is 13.1 Å². The lowest BCUT2D eigenvalue weighted by atomic mass is 10.00. The zero-order valence-corrected chi connectivity index (χ0v) is 19.5. The second-order valence-corrected chi connectivity index (χ2v) is 9.06. The van der Waals surface area contributed by atoms with Crippen LogP contribution < -0.4 is 9.64 Å². The molecule has 0 unspecified atom stereocenters. The lowest BCUT2D eigenvalue weighted by Gasteiger charge is -2.31. The molecular weight excluding hydrogens is 440 g/mol. The van der Waals surface area contributed by atoms with Crippen molar-refractivity contribution in [2.45, 2.75) is 37.2 Å². The van der Waals surface area contributed by atoms with E-state index in [0.29, 0.717) is 29.8 Å². The Morgan fingerprint density at radius 1 is 1.12 bits per heavy atom. The van der Waals surface area contributed by atoms with E-state index in [1.165, 1.54) is 11.8 Å². The number of nitrogens with zero attached hydrogens (tertiary/aromatic N) is 6. The van der Waals surface area contributed by atoms with Crippen LogP contribution in [0.25, 0.3) is 11.4 Å². The van der Waals surface area contributed by atoms with Crippen molar-refractivity contribution in [3.05, 3.63) is 54.3 Å². The highest BCUT2D eigenvalue weighted by atomic mass is 32.2. The van der Waals surface area contributed by atoms with Crippen molar-refractivity contribution in [2.75, 3.05) is 25.1 Å². The fraction of sp³-hybridized carbons (Fsp3) is 0.391. The van der Waals surface area contributed by atoms with Crippen LogP contribution >= 0.6 is 11.8 Å². The first kappa shape index (κ1) is 21.6. The third-order valence-electron chi connectivity index (χ3n) is 5.80. The van der Waals surface area contributed by atoms with Crippen LogP contribution in [0.4, 0.5) is 5.95 Å². The molecule has 0 amide bonds. The second-order valence-electron chi connectivity index (χ2n) is 8.12. The maximum atomic E-state index is 5.60. The zero-order chi connectivity index (χ0) is 22.6. The van der Waals surface area contributed by atoms with Gasteiger partial charge in [0.25, 0.3) is 0 Å². The molecule has 0 saturated carbocycles. The topological polar surface area (TPSA) is 95.2 Å². The summed E-state index contributed by atoms with van der Waals surface area (Å²) in [6, 6.07) is 11.5. The van der Waals surface area contributed by atoms with E-state index in [9.17, 15) is 0 Å². The second kappa shape index (κ2) is 9.70. The van der Waals surface area contributed by atoms with E-state index in [-0.39, 0.29) is 0 Å². The van der Waals surface area contributed by atoms with Crippen molar-refractivity contribution in [1.82, 2.24) is 24.9 Å². The summed E-state index contributed by atoms with van der Waals surface area (Å²) in [6.45, 7) is 4.83. The van der Waals surface area contributed by atoms with Gasteiger partial charge in [-0.05, 0) is 43.0 Å². The normalized spacial score (nSPS) is 14.7. The quantitative estimate of drug-likeness (QED) is 0.348. The average Bonchev–Trinajstić information content (AvgIpc) is 3.60. The first-order valence-corrected chi connectivity index (χ1v) is 12.0. The molecule has 5 rings (SSSR count). The number of rotatable bonds is 8. The summed E-state index contributed by atoms with van der Waals surface area (Å²) >= 11 is 1.52. The Morgan fingerprint density at radius 3 is 2.76 bits per heavy atom. The van der Waals surface area contributed by atoms with Crippen molar-refractivity contribution >= 4 is 17.7 Å². The van der Waals surface area contributed by atoms with Crippen molar-refractivity contribution in [2.24, 2.45) is 5.92 Å². The van der Waals surface area contributed by atoms with Gasteiger partial charge in [0.05, 0.1) is 31.2 Å². The molecule has 1 aromatic carbocycles. The van der Waals surface area contributed by atoms with Gasteiger partial charge in [-0.25, -0.2) is 0 Å². The van der Waals surface area contributed by atoms with E-state index < -0.39 is 0 Å². The molecule has 0 atom stereocenters. The summed E-state index contributed by atoms with van der Waals surface area (Å²) in [5, 5.41) is 13.9. The number of hydrogen-bond acceptors (Lipinski definition) is 9. The van der Waals surface area contributed by atoms with E-state index >= 15 is 0 Å². The predicted octanol–water partition coefficient (Wildman–Crippen LogP) is 4.51. The van der Waals surface area contributed by atoms with Crippen LogP contribution in [0.15, 0.2) is 56.8 Å². The molecule has 1 saturated heterocycles. The summed E-state index contributed by atoms with van der Waals surface area (Å²) in [5.41, 5.74) is 0.794. The van der Waals surface area contributed by atoms with Crippen molar-refractivity contribution < 1.29 is 13.7 Å². The number of anilines is 1. The van der Waals surface area contributed by atoms with Crippen LogP contribution in [0, 0.1) is 5.92 Å². The number of methoxy groups -OCH3 is 1. The smallest absolute Gasteiger partial charge is 0.237 e. The molecule has 0 N–H and O–H groups in total. The van der Waals surface area contributed by atoms with Gasteiger partial charge >= 0.3 is 0 Å². The highest BCUT2D eigenvalue weighted by molar-refractivity contribution is 7.98. The van der Waals surface area contributed by atoms with Crippen LogP contribution in [-0.4, -0.2) is 45.1 Å². The van der Waals surface area contributed by atoms with Crippen molar-refractivity contribution in [1.29, 1.82) is 0 Å². The molecule has 9 nitrogen and oxygen atoms in total. The van der Waals surface area contributed by atoms with Crippen LogP contribution in [0.2, 0.25) is 0 Å². The molecule has 4 aromatic rings. The summed E-state index contributed by atoms with van der Waals surface area (Å²) in [7, 11) is 1.63. The zero-order valence-electron chi connectivity index (χ0n) is 18.7. The van der Waals surface area contributed by atoms with E-state index in [4.69, 9.17) is 13.7 Å². The minimum atomic E-state index is 0.482. The van der Waals surface area contributed by atoms with Gasteiger partial charge in [-0.3, -0.25) is 4.57 Å². The van der Waals surface area contributed by atoms with Gasteiger partial charge in [-0.15, -0.1) is 10.2 Å². The van der Waals surface area contributed by atoms with E-state index in [2.05, 4.69) is 36.7 Å². The van der Waals surface area contributed by atoms with Crippen LogP contribution in [0.1, 0.15) is 31.4 Å². The first-order chi connectivity index (χ1) is 16.2. The number of thioether (sulfide) groups is 1. The number of ether oxygens (including phenoxy) is 1. The Labute approximate surface area is 196 Å². The summed E-state index contributed by atoms with van der Waals surface area (Å²) in [5.74, 6) is 4.68. The number of hydrogen-bond donors (Lipinski definition) is 0. The average molecular weight is 467 g/mol. The lowest BCUT2D eigenvalue weighted by Crippen LogP contribution is -2.35. The largest absolute Gasteiger partial charge is 0.496 e. The fourth-order valence-electron chi connectivity index (χ4n) is 3.91. The molecule has 1 aliphatic heterocycles. The Bertz CT molecular complexity index is 1180. The molecule has 10 heteroatoms. The molecule has 0 radical (unpaired) electrons. The molecule has 1 fully saturated rings. The number of aromatic nitrogens is 5. The molecule has 4 heterocycles. The minimum absolute atomic E-state index is 0.482. The third kappa shape index (κ3) is 4.75. The van der Waals surface area contributed by atoms with Gasteiger partial charge in [0.1, 0.15) is 11.5 Å². The van der Waals surface area contributed by atoms with E-state index in [1.54, 1.807) is 13.4 Å². The molecule has 1 aliphatic rings. The SMILES string of the molecule is COc1ccccc1-c1noc(CSc2nnc(N3CCC(C)CC3)n2Cc2ccco2)n1. The Morgan fingerprint density at radius 2 is 1.97 bits per heavy atom. The van der Waals surface area contributed by atoms with Crippen LogP contribution in [0.5, 0.6) is 5.75 Å². The van der Waals surface area contributed by atoms with Gasteiger partial charge in [-0.1, -0.05) is 36.0 Å². The maximum absolute atomic E-state index is 5.60. The minimum Gasteiger partial charge on any atom is -0.496 e. The van der Waals surface area contributed by atoms with Gasteiger partial charge in [-0.2, -0.15) is 4.98 Å². The van der Waals surface area contributed by atoms with Crippen LogP contribution in [-0.2, 0) is 12.3 Å². The van der Waals surface area contributed by atoms with Gasteiger partial charge in [0.2, 0.25) is 17.7 Å². The molecule has 0 bridgehead atoms. The predicted molar refractivity (Wildman–Crippen MR) is 124 cm³/mol. The molecular formula is C23H26N6O3S. The monoisotopic (exact) mass is 466 g/mol. The number of benzene rings is 1. The van der Waals surface area contributed by atoms with Crippen molar-refractivity contribution in [3.63, 3.8) is 0 Å². The highest BCUT2D eigenvalue weighted by Crippen LogP contribution is 2.30. The Balaban J connectivity index is 1.35. The lowest BCUT2D eigenvalue weighted by molar-refractivity contribution is 0.390. The maximum Gasteiger partial charge on any atom is 0.237 e. The molecule has 172 valence electrons. The molecule has 3 aromatic heterocycles. The van der Waals surface area contributed by atoms with E-state index in [0.717, 1.165) is 54.3 Å². The molecule has 0 spiro atoms. The summed E-state index contributed by atoms with van der Waals surface area (Å²) < 4.78 is 18.6. The van der Waals surface area contributed by atoms with Crippen molar-refractivity contribution in [3.8, 4) is 17.1 Å². The fourth-order valence-corrected chi connectivity index (χ4v) is 4.68. The Kier molecular flexibility index (Phi) is 6.34. The van der Waals surface area contributed by atoms with Gasteiger partial charge in [0.15, 0.2) is 5.16 Å². The summed E-state index contributed by atoms with van der Waals surface area (Å²) in [6.07, 6.45) is 4.00. The highest BCUT2D eigenvalue weighted by Gasteiger charge is 2.24. The van der Waals surface area contributed by atoms with Gasteiger partial charge < -0.3 is 18.6 Å². The van der Waals surface area contributed by atoms with E-state index in [1.807, 2.05) is 36.4 Å². The van der Waals surface area contributed by atoms with Crippen LogP contribution in [0.3, 0.4) is 0 Å². The molecule has 0 aliphatic carbocycles. The molecule has 33 heavy (non-hydrogen) atoms. The summed E-state index contributed by atoms with van der Waals surface area (Å²) in [4.78, 5) is 6.86. The Hall–Kier alpha value is -3.27. The number of furan rings is 1. The number of piperidine rings is 1. The first-order valence-electron chi connectivity index (χ1n) is 11.0.